The third-order valence-electron chi connectivity index (χ3n) is 9.20. The Morgan fingerprint density at radius 2 is 1.33 bits per heavy atom. The Labute approximate surface area is 299 Å². The van der Waals surface area contributed by atoms with E-state index in [4.69, 9.17) is 52.1 Å². The summed E-state index contributed by atoms with van der Waals surface area (Å²) in [6.45, 7) is 4.55. The van der Waals surface area contributed by atoms with E-state index in [-0.39, 0.29) is 19.8 Å². The van der Waals surface area contributed by atoms with Gasteiger partial charge in [0.1, 0.15) is 42.7 Å². The number of ether oxygens (including phenoxy) is 11. The van der Waals surface area contributed by atoms with Gasteiger partial charge in [-0.25, -0.2) is 4.79 Å². The van der Waals surface area contributed by atoms with Gasteiger partial charge in [-0.3, -0.25) is 0 Å². The van der Waals surface area contributed by atoms with Crippen molar-refractivity contribution in [2.75, 3.05) is 34.5 Å². The predicted molar refractivity (Wildman–Crippen MR) is 182 cm³/mol. The average Bonchev–Trinajstić information content (AvgIpc) is 3.15. The highest BCUT2D eigenvalue weighted by Gasteiger charge is 2.57. The van der Waals surface area contributed by atoms with Crippen molar-refractivity contribution in [2.24, 2.45) is 0 Å². The molecule has 3 aromatic carbocycles. The third kappa shape index (κ3) is 9.21. The van der Waals surface area contributed by atoms with Gasteiger partial charge in [0.25, 0.3) is 0 Å². The molecule has 0 radical (unpaired) electrons. The molecule has 3 fully saturated rings. The van der Waals surface area contributed by atoms with Gasteiger partial charge in [0, 0.05) is 21.3 Å². The third-order valence-corrected chi connectivity index (χ3v) is 9.20. The van der Waals surface area contributed by atoms with Crippen molar-refractivity contribution in [3.63, 3.8) is 0 Å². The molecule has 3 aromatic rings. The summed E-state index contributed by atoms with van der Waals surface area (Å²) in [6, 6.07) is 28.3. The highest BCUT2D eigenvalue weighted by molar-refractivity contribution is 5.89. The first-order valence-corrected chi connectivity index (χ1v) is 17.2. The van der Waals surface area contributed by atoms with Gasteiger partial charge < -0.3 is 52.1 Å². The number of fused-ring (bicyclic) bond motifs is 1. The number of hydrogen-bond acceptors (Lipinski definition) is 12. The van der Waals surface area contributed by atoms with Crippen LogP contribution in [0.3, 0.4) is 0 Å². The van der Waals surface area contributed by atoms with Crippen LogP contribution in [0.4, 0.5) is 0 Å². The molecule has 0 aromatic heterocycles. The van der Waals surface area contributed by atoms with Crippen molar-refractivity contribution < 1.29 is 56.9 Å². The molecule has 0 saturated carbocycles. The lowest BCUT2D eigenvalue weighted by molar-refractivity contribution is -0.401. The van der Waals surface area contributed by atoms with E-state index in [1.54, 1.807) is 38.5 Å². The SMILES string of the molecule is COC1C(OCc2ccccc2)[C@@H](OC)OC(COCc2ccccc2)[C@H]1O[C@@H]1OC2COC(C)(C)O[C@H]2[C@@H](OC)C1OC(=O)c1ccccc1. The quantitative estimate of drug-likeness (QED) is 0.217. The lowest BCUT2D eigenvalue weighted by atomic mass is 9.95. The maximum Gasteiger partial charge on any atom is 0.338 e. The highest BCUT2D eigenvalue weighted by atomic mass is 16.8. The first-order valence-electron chi connectivity index (χ1n) is 17.2. The maximum atomic E-state index is 13.6. The Morgan fingerprint density at radius 1 is 0.706 bits per heavy atom. The zero-order valence-electron chi connectivity index (χ0n) is 29.7. The standard InChI is InChI=1S/C39H48O12/c1-39(2)46-24-29-31(51-39)33(42-4)35(49-36(40)27-19-13-8-14-20-27)38(48-29)50-30-28(23-44-21-25-15-9-6-10-16-25)47-37(43-5)34(32(30)41-3)45-22-26-17-11-7-12-18-26/h6-20,28-35,37-38H,21-24H2,1-5H3/t28?,29?,30-,31-,32?,33-,34?,35?,37+,38+/m1/s1. The highest BCUT2D eigenvalue weighted by Crippen LogP contribution is 2.38. The maximum absolute atomic E-state index is 13.6. The molecule has 12 heteroatoms. The number of esters is 1. The van der Waals surface area contributed by atoms with Crippen LogP contribution in [0.2, 0.25) is 0 Å². The lowest BCUT2D eigenvalue weighted by Crippen LogP contribution is -2.68. The summed E-state index contributed by atoms with van der Waals surface area (Å²) in [5.74, 6) is -1.49. The Hall–Kier alpha value is -3.27. The van der Waals surface area contributed by atoms with Gasteiger partial charge in [-0.15, -0.1) is 0 Å². The second kappa shape index (κ2) is 17.5. The minimum atomic E-state index is -1.16. The van der Waals surface area contributed by atoms with Gasteiger partial charge in [-0.05, 0) is 37.1 Å². The summed E-state index contributed by atoms with van der Waals surface area (Å²) < 4.78 is 68.9. The van der Waals surface area contributed by atoms with E-state index in [1.807, 2.05) is 80.6 Å². The smallest absolute Gasteiger partial charge is 0.338 e. The molecule has 3 aliphatic heterocycles. The van der Waals surface area contributed by atoms with E-state index in [0.717, 1.165) is 11.1 Å². The first kappa shape index (κ1) is 37.5. The zero-order chi connectivity index (χ0) is 35.8. The van der Waals surface area contributed by atoms with Crippen LogP contribution in [-0.4, -0.2) is 108 Å². The Morgan fingerprint density at radius 3 is 1.96 bits per heavy atom. The molecule has 10 atom stereocenters. The van der Waals surface area contributed by atoms with E-state index in [0.29, 0.717) is 12.2 Å². The summed E-state index contributed by atoms with van der Waals surface area (Å²) in [5, 5.41) is 0. The number of hydrogen-bond donors (Lipinski definition) is 0. The molecule has 5 unspecified atom stereocenters. The van der Waals surface area contributed by atoms with Gasteiger partial charge in [0.2, 0.25) is 0 Å². The van der Waals surface area contributed by atoms with Gasteiger partial charge in [0.15, 0.2) is 24.5 Å². The van der Waals surface area contributed by atoms with Crippen LogP contribution in [0.25, 0.3) is 0 Å². The zero-order valence-corrected chi connectivity index (χ0v) is 29.7. The van der Waals surface area contributed by atoms with Crippen molar-refractivity contribution in [1.82, 2.24) is 0 Å². The number of benzene rings is 3. The van der Waals surface area contributed by atoms with E-state index >= 15 is 0 Å². The number of carbonyl (C=O) groups is 1. The minimum absolute atomic E-state index is 0.117. The summed E-state index contributed by atoms with van der Waals surface area (Å²) in [7, 11) is 4.67. The number of carbonyl (C=O) groups excluding carboxylic acids is 1. The molecule has 0 amide bonds. The molecule has 276 valence electrons. The molecule has 3 aliphatic rings. The van der Waals surface area contributed by atoms with Crippen LogP contribution in [0.15, 0.2) is 91.0 Å². The van der Waals surface area contributed by atoms with Gasteiger partial charge in [0.05, 0.1) is 32.0 Å². The first-order chi connectivity index (χ1) is 24.8. The Bertz CT molecular complexity index is 1490. The second-order valence-electron chi connectivity index (χ2n) is 13.1. The summed E-state index contributed by atoms with van der Waals surface area (Å²) in [4.78, 5) is 13.6. The van der Waals surface area contributed by atoms with Crippen LogP contribution in [-0.2, 0) is 65.3 Å². The summed E-state index contributed by atoms with van der Waals surface area (Å²) in [6.07, 6.45) is -8.07. The molecular weight excluding hydrogens is 660 g/mol. The average molecular weight is 709 g/mol. The molecular formula is C39H48O12. The molecule has 0 spiro atoms. The number of methoxy groups -OCH3 is 3. The largest absolute Gasteiger partial charge is 0.450 e. The van der Waals surface area contributed by atoms with Crippen LogP contribution >= 0.6 is 0 Å². The van der Waals surface area contributed by atoms with E-state index < -0.39 is 73.2 Å². The van der Waals surface area contributed by atoms with Crippen molar-refractivity contribution >= 4 is 5.97 Å². The second-order valence-corrected chi connectivity index (χ2v) is 13.1. The fraction of sp³-hybridized carbons (Fsp3) is 0.513. The van der Waals surface area contributed by atoms with E-state index in [9.17, 15) is 4.79 Å². The van der Waals surface area contributed by atoms with Crippen LogP contribution < -0.4 is 0 Å². The molecule has 12 nitrogen and oxygen atoms in total. The molecule has 0 aliphatic carbocycles. The number of rotatable bonds is 14. The summed E-state index contributed by atoms with van der Waals surface area (Å²) >= 11 is 0. The predicted octanol–water partition coefficient (Wildman–Crippen LogP) is 4.68. The Kier molecular flexibility index (Phi) is 12.9. The monoisotopic (exact) mass is 708 g/mol. The van der Waals surface area contributed by atoms with E-state index in [2.05, 4.69) is 0 Å². The van der Waals surface area contributed by atoms with Crippen molar-refractivity contribution in [2.45, 2.75) is 94.3 Å². The van der Waals surface area contributed by atoms with Gasteiger partial charge in [-0.2, -0.15) is 0 Å². The fourth-order valence-corrected chi connectivity index (χ4v) is 6.67. The van der Waals surface area contributed by atoms with E-state index in [1.165, 1.54) is 7.11 Å². The molecule has 0 bridgehead atoms. The summed E-state index contributed by atoms with van der Waals surface area (Å²) in [5.41, 5.74) is 2.33. The van der Waals surface area contributed by atoms with Crippen LogP contribution in [0.5, 0.6) is 0 Å². The van der Waals surface area contributed by atoms with Gasteiger partial charge in [-0.1, -0.05) is 78.9 Å². The van der Waals surface area contributed by atoms with Crippen LogP contribution in [0, 0.1) is 0 Å². The van der Waals surface area contributed by atoms with Crippen molar-refractivity contribution in [3.8, 4) is 0 Å². The fourth-order valence-electron chi connectivity index (χ4n) is 6.67. The van der Waals surface area contributed by atoms with Crippen LogP contribution in [0.1, 0.15) is 35.3 Å². The minimum Gasteiger partial charge on any atom is -0.450 e. The topological polar surface area (TPSA) is 119 Å². The lowest BCUT2D eigenvalue weighted by Gasteiger charge is -2.52. The normalized spacial score (nSPS) is 31.8. The van der Waals surface area contributed by atoms with Crippen molar-refractivity contribution in [1.29, 1.82) is 0 Å². The Balaban J connectivity index is 1.30. The van der Waals surface area contributed by atoms with Gasteiger partial charge >= 0.3 is 5.97 Å². The molecule has 3 heterocycles. The van der Waals surface area contributed by atoms with Crippen molar-refractivity contribution in [3.05, 3.63) is 108 Å². The molecule has 51 heavy (non-hydrogen) atoms. The molecule has 0 N–H and O–H groups in total. The molecule has 6 rings (SSSR count). The molecule has 3 saturated heterocycles.